The first kappa shape index (κ1) is 43.9. The monoisotopic (exact) mass is 789 g/mol. The van der Waals surface area contributed by atoms with E-state index in [0.29, 0.717) is 49.2 Å². The van der Waals surface area contributed by atoms with Crippen molar-refractivity contribution in [1.82, 2.24) is 10.6 Å². The van der Waals surface area contributed by atoms with Gasteiger partial charge in [-0.3, -0.25) is 0 Å². The van der Waals surface area contributed by atoms with Gasteiger partial charge < -0.3 is 39.8 Å². The van der Waals surface area contributed by atoms with Crippen molar-refractivity contribution in [2.45, 2.75) is 214 Å². The number of amides is 2. The van der Waals surface area contributed by atoms with Crippen LogP contribution in [0.3, 0.4) is 0 Å². The number of alkyl carbamates (subject to hydrolysis) is 2. The molecule has 2 amide bonds. The Morgan fingerprint density at radius 1 is 0.839 bits per heavy atom. The van der Waals surface area contributed by atoms with Crippen molar-refractivity contribution < 1.29 is 38.7 Å². The van der Waals surface area contributed by atoms with Gasteiger partial charge in [0.25, 0.3) is 0 Å². The topological polar surface area (TPSA) is 136 Å². The molecular formula is C46H80N2O8. The lowest BCUT2D eigenvalue weighted by molar-refractivity contribution is -0.207. The highest BCUT2D eigenvalue weighted by Crippen LogP contribution is 2.90. The predicted molar refractivity (Wildman–Crippen MR) is 218 cm³/mol. The van der Waals surface area contributed by atoms with Crippen molar-refractivity contribution in [3.8, 4) is 0 Å². The predicted octanol–water partition coefficient (Wildman–Crippen LogP) is 8.93. The van der Waals surface area contributed by atoms with E-state index in [1.165, 1.54) is 19.3 Å². The highest BCUT2D eigenvalue weighted by Gasteiger charge is 2.84. The molecule has 2 spiro atoms. The number of nitrogens with one attached hydrogen (secondary N) is 2. The van der Waals surface area contributed by atoms with Gasteiger partial charge in [0.05, 0.1) is 42.2 Å². The molecule has 56 heavy (non-hydrogen) atoms. The van der Waals surface area contributed by atoms with Gasteiger partial charge in [0.15, 0.2) is 0 Å². The third-order valence-corrected chi connectivity index (χ3v) is 16.7. The first-order chi connectivity index (χ1) is 25.5. The molecule has 4 N–H and O–H groups in total. The van der Waals surface area contributed by atoms with E-state index in [4.69, 9.17) is 18.9 Å². The van der Waals surface area contributed by atoms with Crippen LogP contribution in [0.2, 0.25) is 0 Å². The van der Waals surface area contributed by atoms with Gasteiger partial charge in [0.1, 0.15) is 11.2 Å². The fraction of sp³-hybridized carbons (Fsp3) is 0.957. The van der Waals surface area contributed by atoms with E-state index in [1.54, 1.807) is 0 Å². The second-order valence-electron chi connectivity index (χ2n) is 23.5. The summed E-state index contributed by atoms with van der Waals surface area (Å²) in [5.74, 6) is 1.64. The summed E-state index contributed by atoms with van der Waals surface area (Å²) in [5.41, 5.74) is -2.05. The lowest BCUT2D eigenvalue weighted by Gasteiger charge is -2.65. The lowest BCUT2D eigenvalue weighted by atomic mass is 9.40. The molecule has 13 atom stereocenters. The molecule has 6 fully saturated rings. The number of carbonyl (C=O) groups is 2. The fourth-order valence-electron chi connectivity index (χ4n) is 14.7. The first-order valence-electron chi connectivity index (χ1n) is 22.2. The van der Waals surface area contributed by atoms with Crippen LogP contribution < -0.4 is 10.6 Å². The average Bonchev–Trinajstić information content (AvgIpc) is 3.37. The van der Waals surface area contributed by atoms with Gasteiger partial charge >= 0.3 is 12.2 Å². The van der Waals surface area contributed by atoms with Gasteiger partial charge in [0.2, 0.25) is 0 Å². The Bertz CT molecular complexity index is 1480. The minimum Gasteiger partial charge on any atom is -0.444 e. The maximum Gasteiger partial charge on any atom is 0.407 e. The van der Waals surface area contributed by atoms with Crippen molar-refractivity contribution in [3.63, 3.8) is 0 Å². The van der Waals surface area contributed by atoms with Crippen molar-refractivity contribution in [2.24, 2.45) is 50.7 Å². The SMILES string of the molecule is CC1CC2C3(C)CC(O)C(C4(C)CCC(C(C)(C)O)O4)C3(C)CCC23CC32CCC(OCC(CCCNC(=O)OC(C)(C)C)NC(=O)OC(C)(C)C)C(C)(C)C12. The van der Waals surface area contributed by atoms with Crippen LogP contribution in [0.15, 0.2) is 0 Å². The number of rotatable bonds is 10. The Morgan fingerprint density at radius 3 is 2.09 bits per heavy atom. The third kappa shape index (κ3) is 7.54. The van der Waals surface area contributed by atoms with Crippen LogP contribution in [0, 0.1) is 50.7 Å². The number of hydrogen-bond acceptors (Lipinski definition) is 8. The molecule has 6 aliphatic rings. The maximum absolute atomic E-state index is 13.0. The Kier molecular flexibility index (Phi) is 11.2. The molecule has 0 radical (unpaired) electrons. The zero-order valence-electron chi connectivity index (χ0n) is 37.7. The van der Waals surface area contributed by atoms with Gasteiger partial charge in [-0.25, -0.2) is 9.59 Å². The molecule has 13 unspecified atom stereocenters. The summed E-state index contributed by atoms with van der Waals surface area (Å²) in [6.45, 7) is 30.3. The normalized spacial score (nSPS) is 43.4. The average molecular weight is 789 g/mol. The molecule has 1 heterocycles. The molecule has 322 valence electrons. The molecule has 10 heteroatoms. The van der Waals surface area contributed by atoms with Gasteiger partial charge in [-0.05, 0) is 178 Å². The summed E-state index contributed by atoms with van der Waals surface area (Å²) in [7, 11) is 0. The molecule has 0 aromatic rings. The van der Waals surface area contributed by atoms with Crippen LogP contribution in [0.4, 0.5) is 9.59 Å². The van der Waals surface area contributed by atoms with E-state index in [9.17, 15) is 19.8 Å². The van der Waals surface area contributed by atoms with Gasteiger partial charge in [-0.15, -0.1) is 0 Å². The summed E-state index contributed by atoms with van der Waals surface area (Å²) < 4.78 is 24.8. The smallest absolute Gasteiger partial charge is 0.407 e. The van der Waals surface area contributed by atoms with E-state index in [1.807, 2.05) is 55.4 Å². The highest BCUT2D eigenvalue weighted by atomic mass is 16.6. The van der Waals surface area contributed by atoms with Gasteiger partial charge in [-0.1, -0.05) is 34.6 Å². The van der Waals surface area contributed by atoms with E-state index in [0.717, 1.165) is 38.5 Å². The molecular weight excluding hydrogens is 709 g/mol. The minimum absolute atomic E-state index is 0.00758. The molecule has 10 nitrogen and oxygen atoms in total. The zero-order chi connectivity index (χ0) is 41.7. The van der Waals surface area contributed by atoms with Crippen LogP contribution in [0.1, 0.15) is 168 Å². The zero-order valence-corrected chi connectivity index (χ0v) is 37.7. The second-order valence-corrected chi connectivity index (χ2v) is 23.5. The Balaban J connectivity index is 1.15. The maximum atomic E-state index is 13.0. The summed E-state index contributed by atoms with van der Waals surface area (Å²) >= 11 is 0. The largest absolute Gasteiger partial charge is 0.444 e. The van der Waals surface area contributed by atoms with Crippen molar-refractivity contribution in [3.05, 3.63) is 0 Å². The van der Waals surface area contributed by atoms with E-state index >= 15 is 0 Å². The lowest BCUT2D eigenvalue weighted by Crippen LogP contribution is -2.61. The molecule has 1 saturated heterocycles. The summed E-state index contributed by atoms with van der Waals surface area (Å²) in [6.07, 6.45) is 9.27. The Labute approximate surface area is 339 Å². The number of aliphatic hydroxyl groups excluding tert-OH is 1. The number of hydrogen-bond donors (Lipinski definition) is 4. The third-order valence-electron chi connectivity index (χ3n) is 16.7. The molecule has 0 bridgehead atoms. The van der Waals surface area contributed by atoms with Crippen molar-refractivity contribution in [2.75, 3.05) is 13.2 Å². The molecule has 6 rings (SSSR count). The van der Waals surface area contributed by atoms with Crippen molar-refractivity contribution in [1.29, 1.82) is 0 Å². The van der Waals surface area contributed by atoms with E-state index < -0.39 is 40.7 Å². The standard InChI is InChI=1S/C46H80N2O8/c1-28-24-31-43(13)25-30(49)35(44(14)19-17-33(54-44)41(10,11)52)42(43,12)21-22-45(31)27-46(45)20-18-32(40(8,9)34(28)46)53-26-29(48-37(51)56-39(5,6)7)16-15-23-47-36(50)55-38(2,3)4/h28-35,49,52H,15-27H2,1-14H3,(H,47,50)(H,48,51). The number of carbonyl (C=O) groups excluding carboxylic acids is 2. The van der Waals surface area contributed by atoms with Crippen LogP contribution in [0.25, 0.3) is 0 Å². The van der Waals surface area contributed by atoms with Gasteiger partial charge in [0, 0.05) is 12.5 Å². The number of aliphatic hydroxyl groups is 2. The molecule has 0 aromatic carbocycles. The van der Waals surface area contributed by atoms with Crippen molar-refractivity contribution >= 4 is 12.2 Å². The summed E-state index contributed by atoms with van der Waals surface area (Å²) in [5, 5.41) is 28.9. The Hall–Kier alpha value is -1.62. The first-order valence-corrected chi connectivity index (χ1v) is 22.2. The van der Waals surface area contributed by atoms with Crippen LogP contribution in [-0.4, -0.2) is 82.3 Å². The Morgan fingerprint density at radius 2 is 1.48 bits per heavy atom. The number of ether oxygens (including phenoxy) is 4. The molecule has 5 saturated carbocycles. The number of fused-ring (bicyclic) bond motifs is 2. The van der Waals surface area contributed by atoms with Crippen LogP contribution >= 0.6 is 0 Å². The molecule has 1 aliphatic heterocycles. The molecule has 5 aliphatic carbocycles. The van der Waals surface area contributed by atoms with Crippen LogP contribution in [-0.2, 0) is 18.9 Å². The minimum atomic E-state index is -0.901. The van der Waals surface area contributed by atoms with E-state index in [2.05, 4.69) is 52.2 Å². The summed E-state index contributed by atoms with van der Waals surface area (Å²) in [4.78, 5) is 25.2. The quantitative estimate of drug-likeness (QED) is 0.161. The van der Waals surface area contributed by atoms with Crippen LogP contribution in [0.5, 0.6) is 0 Å². The fourth-order valence-corrected chi connectivity index (χ4v) is 14.7. The second kappa shape index (κ2) is 14.2. The van der Waals surface area contributed by atoms with E-state index in [-0.39, 0.29) is 45.8 Å². The molecule has 0 aromatic heterocycles. The summed E-state index contributed by atoms with van der Waals surface area (Å²) in [6, 6.07) is -0.264. The van der Waals surface area contributed by atoms with Gasteiger partial charge in [-0.2, -0.15) is 0 Å². The highest BCUT2D eigenvalue weighted by molar-refractivity contribution is 5.68.